The number of hydrogen-bond donors (Lipinski definition) is 2. The highest BCUT2D eigenvalue weighted by Crippen LogP contribution is 2.47. The molecule has 0 spiro atoms. The Morgan fingerprint density at radius 1 is 1.08 bits per heavy atom. The van der Waals surface area contributed by atoms with Gasteiger partial charge in [-0.25, -0.2) is 9.78 Å². The lowest BCUT2D eigenvalue weighted by Gasteiger charge is -2.37. The topological polar surface area (TPSA) is 89.5 Å². The van der Waals surface area contributed by atoms with Crippen LogP contribution in [0.25, 0.3) is 11.0 Å². The molecule has 7 nitrogen and oxygen atoms in total. The number of halogens is 4. The number of hydrogen-bond acceptors (Lipinski definition) is 3. The molecule has 3 aromatic carbocycles. The second-order valence-electron chi connectivity index (χ2n) is 8.44. The summed E-state index contributed by atoms with van der Waals surface area (Å²) in [6.07, 6.45) is -5.76. The number of carbonyl (C=O) groups excluding carboxylic acids is 1. The predicted octanol–water partition coefficient (Wildman–Crippen LogP) is 6.04. The van der Waals surface area contributed by atoms with Crippen LogP contribution < -0.4 is 9.80 Å². The Labute approximate surface area is 209 Å². The average Bonchev–Trinajstić information content (AvgIpc) is 3.35. The van der Waals surface area contributed by atoms with Crippen molar-refractivity contribution >= 4 is 47.1 Å². The zero-order valence-electron chi connectivity index (χ0n) is 19.0. The number of imidazole rings is 1. The van der Waals surface area contributed by atoms with Gasteiger partial charge in [-0.15, -0.1) is 12.4 Å². The zero-order valence-corrected chi connectivity index (χ0v) is 19.8. The smallest absolute Gasteiger partial charge is 0.416 e. The first-order valence-corrected chi connectivity index (χ1v) is 10.6. The van der Waals surface area contributed by atoms with Crippen molar-refractivity contribution in [3.05, 3.63) is 89.0 Å². The summed E-state index contributed by atoms with van der Waals surface area (Å²) in [5.41, 5.74) is 0.791. The average molecular weight is 517 g/mol. The molecule has 0 bridgehead atoms. The number of alkyl halides is 3. The first-order valence-electron chi connectivity index (χ1n) is 10.6. The van der Waals surface area contributed by atoms with Crippen LogP contribution in [0.15, 0.2) is 66.7 Å². The molecular formula is C25H20ClF3N4O3. The van der Waals surface area contributed by atoms with E-state index in [4.69, 9.17) is 0 Å². The number of carbonyl (C=O) groups is 2. The van der Waals surface area contributed by atoms with E-state index < -0.39 is 29.3 Å². The molecule has 0 radical (unpaired) electrons. The molecule has 1 aliphatic rings. The van der Waals surface area contributed by atoms with Crippen molar-refractivity contribution < 1.29 is 27.9 Å². The lowest BCUT2D eigenvalue weighted by Crippen LogP contribution is -2.42. The summed E-state index contributed by atoms with van der Waals surface area (Å²) < 4.78 is 40.4. The van der Waals surface area contributed by atoms with Gasteiger partial charge in [-0.05, 0) is 54.4 Å². The number of nitrogens with zero attached hydrogens (tertiary/aromatic N) is 3. The summed E-state index contributed by atoms with van der Waals surface area (Å²) in [4.78, 5) is 34.4. The van der Waals surface area contributed by atoms with E-state index in [0.29, 0.717) is 27.7 Å². The van der Waals surface area contributed by atoms with Crippen molar-refractivity contribution in [2.24, 2.45) is 0 Å². The molecule has 2 amide bonds. The van der Waals surface area contributed by atoms with Gasteiger partial charge in [0.2, 0.25) is 5.95 Å². The molecule has 2 N–H and O–H groups in total. The van der Waals surface area contributed by atoms with Crippen LogP contribution in [0.3, 0.4) is 0 Å². The van der Waals surface area contributed by atoms with E-state index in [0.717, 1.165) is 17.0 Å². The van der Waals surface area contributed by atoms with Crippen LogP contribution >= 0.6 is 12.4 Å². The number of nitrogens with one attached hydrogen (secondary N) is 1. The highest BCUT2D eigenvalue weighted by molar-refractivity contribution is 6.13. The molecule has 4 aromatic rings. The quantitative estimate of drug-likeness (QED) is 0.347. The SMILES string of the molecule is CN(C(=O)O)c1nc2ccc(C3(C)c4ccccc4C(=O)N3c3cccc(C(F)(F)F)c3)cc2[nH]1.Cl. The lowest BCUT2D eigenvalue weighted by atomic mass is 9.84. The fourth-order valence-electron chi connectivity index (χ4n) is 4.57. The molecule has 1 unspecified atom stereocenters. The van der Waals surface area contributed by atoms with Crippen molar-refractivity contribution in [1.82, 2.24) is 9.97 Å². The maximum Gasteiger partial charge on any atom is 0.416 e. The summed E-state index contributed by atoms with van der Waals surface area (Å²) in [6.45, 7) is 1.78. The molecule has 5 rings (SSSR count). The van der Waals surface area contributed by atoms with Gasteiger partial charge in [-0.3, -0.25) is 14.6 Å². The molecule has 0 saturated carbocycles. The van der Waals surface area contributed by atoms with Crippen LogP contribution in [-0.4, -0.2) is 34.1 Å². The van der Waals surface area contributed by atoms with Gasteiger partial charge in [0, 0.05) is 18.3 Å². The monoisotopic (exact) mass is 516 g/mol. The van der Waals surface area contributed by atoms with E-state index in [9.17, 15) is 27.9 Å². The number of aromatic amines is 1. The van der Waals surface area contributed by atoms with Crippen molar-refractivity contribution in [2.45, 2.75) is 18.6 Å². The summed E-state index contributed by atoms with van der Waals surface area (Å²) >= 11 is 0. The molecule has 0 saturated heterocycles. The summed E-state index contributed by atoms with van der Waals surface area (Å²) in [5, 5.41) is 9.25. The van der Waals surface area contributed by atoms with Gasteiger partial charge in [-0.1, -0.05) is 30.3 Å². The number of amides is 2. The highest BCUT2D eigenvalue weighted by Gasteiger charge is 2.48. The van der Waals surface area contributed by atoms with Crippen molar-refractivity contribution in [3.8, 4) is 0 Å². The van der Waals surface area contributed by atoms with Crippen molar-refractivity contribution in [3.63, 3.8) is 0 Å². The van der Waals surface area contributed by atoms with E-state index in [-0.39, 0.29) is 24.0 Å². The summed E-state index contributed by atoms with van der Waals surface area (Å²) in [5.74, 6) is -0.300. The van der Waals surface area contributed by atoms with Gasteiger partial charge in [-0.2, -0.15) is 13.2 Å². The fourth-order valence-corrected chi connectivity index (χ4v) is 4.57. The molecule has 1 aliphatic heterocycles. The number of benzene rings is 3. The van der Waals surface area contributed by atoms with Gasteiger partial charge in [0.1, 0.15) is 0 Å². The molecule has 36 heavy (non-hydrogen) atoms. The van der Waals surface area contributed by atoms with Crippen LogP contribution in [0.4, 0.5) is 29.6 Å². The van der Waals surface area contributed by atoms with Crippen molar-refractivity contribution in [1.29, 1.82) is 0 Å². The van der Waals surface area contributed by atoms with Gasteiger partial charge in [0.05, 0.1) is 22.1 Å². The van der Waals surface area contributed by atoms with Crippen LogP contribution in [-0.2, 0) is 11.7 Å². The lowest BCUT2D eigenvalue weighted by molar-refractivity contribution is -0.137. The van der Waals surface area contributed by atoms with Gasteiger partial charge in [0.25, 0.3) is 5.91 Å². The second kappa shape index (κ2) is 8.56. The van der Waals surface area contributed by atoms with Gasteiger partial charge >= 0.3 is 12.3 Å². The van der Waals surface area contributed by atoms with Crippen LogP contribution in [0.1, 0.15) is 34.0 Å². The van der Waals surface area contributed by atoms with Crippen LogP contribution in [0, 0.1) is 0 Å². The highest BCUT2D eigenvalue weighted by atomic mass is 35.5. The minimum absolute atomic E-state index is 0. The van der Waals surface area contributed by atoms with E-state index >= 15 is 0 Å². The summed E-state index contributed by atoms with van der Waals surface area (Å²) in [6, 6.07) is 16.8. The predicted molar refractivity (Wildman–Crippen MR) is 131 cm³/mol. The number of H-pyrrole nitrogens is 1. The number of fused-ring (bicyclic) bond motifs is 2. The molecule has 11 heteroatoms. The third-order valence-corrected chi connectivity index (χ3v) is 6.40. The minimum Gasteiger partial charge on any atom is -0.465 e. The van der Waals surface area contributed by atoms with E-state index in [1.807, 2.05) is 0 Å². The Balaban J connectivity index is 0.00000304. The number of anilines is 2. The molecule has 2 heterocycles. The Morgan fingerprint density at radius 3 is 2.50 bits per heavy atom. The normalized spacial score (nSPS) is 17.1. The first-order chi connectivity index (χ1) is 16.5. The number of carboxylic acid groups (broad SMARTS) is 1. The fraction of sp³-hybridized carbons (Fsp3) is 0.160. The standard InChI is InChI=1S/C25H19F3N4O3.ClH/c1-24(14-10-11-19-20(13-14)30-22(29-19)31(2)23(34)35)18-9-4-3-8-17(18)21(33)32(24)16-7-5-6-15(12-16)25(26,27)28;/h3-13H,1-2H3,(H,29,30)(H,34,35);1H. The van der Waals surface area contributed by atoms with E-state index in [1.54, 1.807) is 49.4 Å². The van der Waals surface area contributed by atoms with Crippen LogP contribution in [0.2, 0.25) is 0 Å². The molecular weight excluding hydrogens is 497 g/mol. The van der Waals surface area contributed by atoms with E-state index in [2.05, 4.69) is 9.97 Å². The minimum atomic E-state index is -4.57. The second-order valence-corrected chi connectivity index (χ2v) is 8.44. The van der Waals surface area contributed by atoms with Gasteiger partial charge < -0.3 is 10.1 Å². The summed E-state index contributed by atoms with van der Waals surface area (Å²) in [7, 11) is 1.35. The maximum absolute atomic E-state index is 13.5. The molecule has 1 aromatic heterocycles. The van der Waals surface area contributed by atoms with Crippen LogP contribution in [0.5, 0.6) is 0 Å². The Morgan fingerprint density at radius 2 is 1.81 bits per heavy atom. The molecule has 0 fully saturated rings. The Hall–Kier alpha value is -4.05. The Kier molecular flexibility index (Phi) is 5.96. The number of aromatic nitrogens is 2. The van der Waals surface area contributed by atoms with E-state index in [1.165, 1.54) is 24.1 Å². The molecule has 186 valence electrons. The molecule has 1 atom stereocenters. The van der Waals surface area contributed by atoms with Crippen molar-refractivity contribution in [2.75, 3.05) is 16.8 Å². The zero-order chi connectivity index (χ0) is 25.1. The number of rotatable bonds is 3. The Bertz CT molecular complexity index is 1500. The molecule has 0 aliphatic carbocycles. The largest absolute Gasteiger partial charge is 0.465 e. The first kappa shape index (κ1) is 25.1. The maximum atomic E-state index is 13.5. The van der Waals surface area contributed by atoms with Gasteiger partial charge in [0.15, 0.2) is 0 Å². The third kappa shape index (κ3) is 3.74. The third-order valence-electron chi connectivity index (χ3n) is 6.40.